The molecule has 0 saturated carbocycles. The van der Waals surface area contributed by atoms with Gasteiger partial charge in [-0.25, -0.2) is 17.9 Å². The van der Waals surface area contributed by atoms with Gasteiger partial charge in [0, 0.05) is 25.4 Å². The summed E-state index contributed by atoms with van der Waals surface area (Å²) in [4.78, 5) is 23.3. The minimum absolute atomic E-state index is 0.00274. The van der Waals surface area contributed by atoms with Gasteiger partial charge in [-0.05, 0) is 45.4 Å². The van der Waals surface area contributed by atoms with Gasteiger partial charge in [0.05, 0.1) is 4.90 Å². The number of hydrogen-bond acceptors (Lipinski definition) is 6. The van der Waals surface area contributed by atoms with Crippen molar-refractivity contribution < 1.29 is 27.5 Å². The van der Waals surface area contributed by atoms with Gasteiger partial charge in [0.15, 0.2) is 0 Å². The summed E-state index contributed by atoms with van der Waals surface area (Å²) in [6, 6.07) is 5.87. The zero-order valence-electron chi connectivity index (χ0n) is 16.7. The zero-order valence-corrected chi connectivity index (χ0v) is 17.5. The van der Waals surface area contributed by atoms with E-state index < -0.39 is 21.7 Å². The predicted octanol–water partition coefficient (Wildman–Crippen LogP) is 1.85. The second kappa shape index (κ2) is 11.0. The molecule has 0 atom stereocenters. The number of sulfonamides is 1. The first-order valence-electron chi connectivity index (χ1n) is 8.97. The number of carbonyl (C=O) groups is 2. The van der Waals surface area contributed by atoms with Crippen molar-refractivity contribution in [2.24, 2.45) is 0 Å². The van der Waals surface area contributed by atoms with Crippen molar-refractivity contribution >= 4 is 27.7 Å². The van der Waals surface area contributed by atoms with Crippen LogP contribution in [0.2, 0.25) is 0 Å². The summed E-state index contributed by atoms with van der Waals surface area (Å²) in [6.07, 6.45) is 0.178. The molecule has 3 N–H and O–H groups in total. The Morgan fingerprint density at radius 1 is 1.14 bits per heavy atom. The Morgan fingerprint density at radius 2 is 1.86 bits per heavy atom. The van der Waals surface area contributed by atoms with Crippen molar-refractivity contribution in [2.45, 2.75) is 44.6 Å². The molecule has 0 bridgehead atoms. The smallest absolute Gasteiger partial charge is 0.407 e. The SMILES string of the molecule is CCCOCC(=O)Nc1cccc(S(=O)(=O)NCCNC(=O)OC(C)(C)C)c1. The van der Waals surface area contributed by atoms with E-state index in [0.29, 0.717) is 12.3 Å². The second-order valence-corrected chi connectivity index (χ2v) is 8.72. The van der Waals surface area contributed by atoms with E-state index in [0.717, 1.165) is 6.42 Å². The number of amides is 2. The Labute approximate surface area is 166 Å². The maximum absolute atomic E-state index is 12.4. The third-order valence-electron chi connectivity index (χ3n) is 3.10. The average Bonchev–Trinajstić information content (AvgIpc) is 2.58. The zero-order chi connectivity index (χ0) is 21.2. The molecule has 1 rings (SSSR count). The minimum atomic E-state index is -3.80. The Balaban J connectivity index is 2.54. The normalized spacial score (nSPS) is 11.7. The molecule has 0 aromatic heterocycles. The lowest BCUT2D eigenvalue weighted by Gasteiger charge is -2.19. The standard InChI is InChI=1S/C18H29N3O6S/c1-5-11-26-13-16(22)21-14-7-6-8-15(12-14)28(24,25)20-10-9-19-17(23)27-18(2,3)4/h6-8,12,20H,5,9-11,13H2,1-4H3,(H,19,23)(H,21,22). The van der Waals surface area contributed by atoms with Crippen LogP contribution >= 0.6 is 0 Å². The topological polar surface area (TPSA) is 123 Å². The van der Waals surface area contributed by atoms with Crippen molar-refractivity contribution in [3.63, 3.8) is 0 Å². The average molecular weight is 416 g/mol. The lowest BCUT2D eigenvalue weighted by atomic mass is 10.2. The van der Waals surface area contributed by atoms with Crippen molar-refractivity contribution in [1.29, 1.82) is 0 Å². The Kier molecular flexibility index (Phi) is 9.36. The van der Waals surface area contributed by atoms with Crippen LogP contribution in [0.3, 0.4) is 0 Å². The number of anilines is 1. The second-order valence-electron chi connectivity index (χ2n) is 6.96. The molecular weight excluding hydrogens is 386 g/mol. The first-order chi connectivity index (χ1) is 13.0. The van der Waals surface area contributed by atoms with Gasteiger partial charge in [-0.15, -0.1) is 0 Å². The maximum atomic E-state index is 12.4. The molecule has 0 aliphatic heterocycles. The van der Waals surface area contributed by atoms with Gasteiger partial charge in [-0.2, -0.15) is 0 Å². The summed E-state index contributed by atoms with van der Waals surface area (Å²) in [7, 11) is -3.80. The van der Waals surface area contributed by atoms with E-state index in [1.807, 2.05) is 6.92 Å². The summed E-state index contributed by atoms with van der Waals surface area (Å²) in [5, 5.41) is 5.05. The number of carbonyl (C=O) groups excluding carboxylic acids is 2. The van der Waals surface area contributed by atoms with Crippen molar-refractivity contribution in [3.05, 3.63) is 24.3 Å². The van der Waals surface area contributed by atoms with Crippen LogP contribution in [0.1, 0.15) is 34.1 Å². The molecular formula is C18H29N3O6S. The van der Waals surface area contributed by atoms with Crippen LogP contribution in [0.4, 0.5) is 10.5 Å². The number of hydrogen-bond donors (Lipinski definition) is 3. The van der Waals surface area contributed by atoms with Crippen molar-refractivity contribution in [2.75, 3.05) is 31.6 Å². The number of nitrogens with one attached hydrogen (secondary N) is 3. The van der Waals surface area contributed by atoms with Crippen molar-refractivity contribution in [3.8, 4) is 0 Å². The molecule has 0 aliphatic carbocycles. The number of ether oxygens (including phenoxy) is 2. The molecule has 158 valence electrons. The molecule has 1 aromatic rings. The van der Waals surface area contributed by atoms with Gasteiger partial charge in [-0.3, -0.25) is 4.79 Å². The highest BCUT2D eigenvalue weighted by Crippen LogP contribution is 2.15. The summed E-state index contributed by atoms with van der Waals surface area (Å²) in [5.74, 6) is -0.363. The molecule has 0 saturated heterocycles. The van der Waals surface area contributed by atoms with Crippen LogP contribution in [0.15, 0.2) is 29.2 Å². The largest absolute Gasteiger partial charge is 0.444 e. The molecule has 1 aromatic carbocycles. The molecule has 2 amide bonds. The molecule has 0 heterocycles. The van der Waals surface area contributed by atoms with Crippen LogP contribution < -0.4 is 15.4 Å². The number of rotatable bonds is 10. The van der Waals surface area contributed by atoms with E-state index in [2.05, 4.69) is 15.4 Å². The lowest BCUT2D eigenvalue weighted by molar-refractivity contribution is -0.120. The van der Waals surface area contributed by atoms with Crippen LogP contribution in [0.25, 0.3) is 0 Å². The fourth-order valence-corrected chi connectivity index (χ4v) is 3.07. The Hall–Kier alpha value is -2.17. The molecule has 0 fully saturated rings. The van der Waals surface area contributed by atoms with E-state index in [4.69, 9.17) is 9.47 Å². The van der Waals surface area contributed by atoms with E-state index in [1.54, 1.807) is 26.8 Å². The highest BCUT2D eigenvalue weighted by molar-refractivity contribution is 7.89. The van der Waals surface area contributed by atoms with Crippen LogP contribution in [-0.2, 0) is 24.3 Å². The first-order valence-corrected chi connectivity index (χ1v) is 10.5. The van der Waals surface area contributed by atoms with Crippen LogP contribution in [0.5, 0.6) is 0 Å². The predicted molar refractivity (Wildman–Crippen MR) is 106 cm³/mol. The molecule has 28 heavy (non-hydrogen) atoms. The van der Waals surface area contributed by atoms with Gasteiger partial charge >= 0.3 is 6.09 Å². The quantitative estimate of drug-likeness (QED) is 0.501. The van der Waals surface area contributed by atoms with Gasteiger partial charge in [-0.1, -0.05) is 13.0 Å². The third-order valence-corrected chi connectivity index (χ3v) is 4.55. The Morgan fingerprint density at radius 3 is 2.50 bits per heavy atom. The van der Waals surface area contributed by atoms with Gasteiger partial charge < -0.3 is 20.1 Å². The summed E-state index contributed by atoms with van der Waals surface area (Å²) < 4.78 is 37.3. The lowest BCUT2D eigenvalue weighted by Crippen LogP contribution is -2.37. The number of benzene rings is 1. The fraction of sp³-hybridized carbons (Fsp3) is 0.556. The number of alkyl carbamates (subject to hydrolysis) is 1. The summed E-state index contributed by atoms with van der Waals surface area (Å²) >= 11 is 0. The molecule has 0 radical (unpaired) electrons. The maximum Gasteiger partial charge on any atom is 0.407 e. The highest BCUT2D eigenvalue weighted by atomic mass is 32.2. The molecule has 10 heteroatoms. The van der Waals surface area contributed by atoms with E-state index in [-0.39, 0.29) is 30.5 Å². The highest BCUT2D eigenvalue weighted by Gasteiger charge is 2.17. The third kappa shape index (κ3) is 9.67. The van der Waals surface area contributed by atoms with E-state index in [9.17, 15) is 18.0 Å². The minimum Gasteiger partial charge on any atom is -0.444 e. The van der Waals surface area contributed by atoms with E-state index in [1.165, 1.54) is 18.2 Å². The fourth-order valence-electron chi connectivity index (χ4n) is 1.99. The van der Waals surface area contributed by atoms with Gasteiger partial charge in [0.2, 0.25) is 15.9 Å². The molecule has 0 spiro atoms. The summed E-state index contributed by atoms with van der Waals surface area (Å²) in [5.41, 5.74) is -0.282. The van der Waals surface area contributed by atoms with Crippen LogP contribution in [-0.4, -0.2) is 52.3 Å². The molecule has 9 nitrogen and oxygen atoms in total. The first kappa shape index (κ1) is 23.9. The van der Waals surface area contributed by atoms with Gasteiger partial charge in [0.25, 0.3) is 0 Å². The molecule has 0 aliphatic rings. The molecule has 0 unspecified atom stereocenters. The van der Waals surface area contributed by atoms with Gasteiger partial charge in [0.1, 0.15) is 12.2 Å². The van der Waals surface area contributed by atoms with E-state index >= 15 is 0 Å². The monoisotopic (exact) mass is 415 g/mol. The van der Waals surface area contributed by atoms with Crippen molar-refractivity contribution in [1.82, 2.24) is 10.0 Å². The van der Waals surface area contributed by atoms with Crippen LogP contribution in [0, 0.1) is 0 Å². The summed E-state index contributed by atoms with van der Waals surface area (Å²) in [6.45, 7) is 7.57. The Bertz CT molecular complexity index is 759.